The van der Waals surface area contributed by atoms with Crippen molar-refractivity contribution in [3.05, 3.63) is 0 Å². The van der Waals surface area contributed by atoms with Crippen molar-refractivity contribution < 1.29 is 0 Å². The second-order valence-corrected chi connectivity index (χ2v) is 6.25. The molecule has 2 saturated heterocycles. The Balaban J connectivity index is 1.57. The Kier molecular flexibility index (Phi) is 6.50. The highest BCUT2D eigenvalue weighted by molar-refractivity contribution is 4.84. The Labute approximate surface area is 114 Å². The van der Waals surface area contributed by atoms with Gasteiger partial charge in [0.2, 0.25) is 0 Å². The van der Waals surface area contributed by atoms with Gasteiger partial charge in [0.15, 0.2) is 0 Å². The number of fused-ring (bicyclic) bond motifs is 1. The van der Waals surface area contributed by atoms with Gasteiger partial charge in [0.1, 0.15) is 0 Å². The lowest BCUT2D eigenvalue weighted by Crippen LogP contribution is -2.36. The summed E-state index contributed by atoms with van der Waals surface area (Å²) in [5, 5.41) is 0. The molecular weight excluding hydrogens is 220 g/mol. The summed E-state index contributed by atoms with van der Waals surface area (Å²) in [5.74, 6) is 0. The van der Waals surface area contributed by atoms with Crippen LogP contribution >= 0.6 is 0 Å². The van der Waals surface area contributed by atoms with Crippen LogP contribution in [0.2, 0.25) is 0 Å². The van der Waals surface area contributed by atoms with Gasteiger partial charge in [0, 0.05) is 12.6 Å². The second-order valence-electron chi connectivity index (χ2n) is 6.25. The first-order valence-electron chi connectivity index (χ1n) is 8.36. The minimum absolute atomic E-state index is 0.896. The van der Waals surface area contributed by atoms with E-state index in [1.54, 1.807) is 0 Å². The van der Waals surface area contributed by atoms with E-state index in [1.165, 1.54) is 90.5 Å². The Morgan fingerprint density at radius 1 is 0.889 bits per heavy atom. The molecule has 2 aliphatic heterocycles. The Bertz CT molecular complexity index is 217. The van der Waals surface area contributed by atoms with Crippen molar-refractivity contribution in [3.8, 4) is 0 Å². The van der Waals surface area contributed by atoms with Crippen LogP contribution in [-0.2, 0) is 0 Å². The van der Waals surface area contributed by atoms with Crippen LogP contribution in [0.25, 0.3) is 0 Å². The average molecular weight is 252 g/mol. The third kappa shape index (κ3) is 4.55. The summed E-state index contributed by atoms with van der Waals surface area (Å²) in [4.78, 5) is 5.48. The first-order chi connectivity index (χ1) is 8.90. The third-order valence-corrected chi connectivity index (χ3v) is 4.72. The first-order valence-corrected chi connectivity index (χ1v) is 8.36. The predicted molar refractivity (Wildman–Crippen MR) is 79.0 cm³/mol. The van der Waals surface area contributed by atoms with Crippen LogP contribution in [0.15, 0.2) is 0 Å². The molecule has 106 valence electrons. The highest BCUT2D eigenvalue weighted by Crippen LogP contribution is 2.21. The lowest BCUT2D eigenvalue weighted by molar-refractivity contribution is 0.217. The maximum absolute atomic E-state index is 2.75. The fraction of sp³-hybridized carbons (Fsp3) is 1.00. The average Bonchev–Trinajstić information content (AvgIpc) is 2.72. The molecule has 0 aliphatic carbocycles. The summed E-state index contributed by atoms with van der Waals surface area (Å²) in [5.41, 5.74) is 0. The molecule has 0 amide bonds. The van der Waals surface area contributed by atoms with Gasteiger partial charge in [-0.2, -0.15) is 0 Å². The summed E-state index contributed by atoms with van der Waals surface area (Å²) < 4.78 is 0. The third-order valence-electron chi connectivity index (χ3n) is 4.72. The molecule has 0 bridgehead atoms. The lowest BCUT2D eigenvalue weighted by Gasteiger charge is -2.25. The summed E-state index contributed by atoms with van der Waals surface area (Å²) >= 11 is 0. The van der Waals surface area contributed by atoms with Gasteiger partial charge in [-0.3, -0.25) is 4.90 Å². The van der Waals surface area contributed by atoms with Crippen molar-refractivity contribution in [2.45, 2.75) is 70.8 Å². The number of unbranched alkanes of at least 4 members (excludes halogenated alkanes) is 5. The molecule has 2 heteroatoms. The van der Waals surface area contributed by atoms with Gasteiger partial charge in [0.05, 0.1) is 0 Å². The Hall–Kier alpha value is -0.0800. The van der Waals surface area contributed by atoms with Crippen LogP contribution in [0.3, 0.4) is 0 Å². The van der Waals surface area contributed by atoms with E-state index in [2.05, 4.69) is 16.7 Å². The molecule has 18 heavy (non-hydrogen) atoms. The fourth-order valence-electron chi connectivity index (χ4n) is 3.60. The van der Waals surface area contributed by atoms with Gasteiger partial charge in [-0.05, 0) is 51.9 Å². The number of nitrogens with zero attached hydrogens (tertiary/aromatic N) is 2. The van der Waals surface area contributed by atoms with Crippen LogP contribution in [0.4, 0.5) is 0 Å². The summed E-state index contributed by atoms with van der Waals surface area (Å²) in [7, 11) is 0. The van der Waals surface area contributed by atoms with Crippen molar-refractivity contribution in [3.63, 3.8) is 0 Å². The minimum atomic E-state index is 0.896. The van der Waals surface area contributed by atoms with Gasteiger partial charge in [-0.1, -0.05) is 39.0 Å². The second kappa shape index (κ2) is 8.16. The van der Waals surface area contributed by atoms with Crippen LogP contribution in [-0.4, -0.2) is 48.6 Å². The van der Waals surface area contributed by atoms with Gasteiger partial charge >= 0.3 is 0 Å². The van der Waals surface area contributed by atoms with Crippen LogP contribution in [0.5, 0.6) is 0 Å². The highest BCUT2D eigenvalue weighted by Gasteiger charge is 2.28. The van der Waals surface area contributed by atoms with Crippen molar-refractivity contribution >= 4 is 0 Å². The molecule has 2 fully saturated rings. The van der Waals surface area contributed by atoms with E-state index in [0.717, 1.165) is 6.04 Å². The van der Waals surface area contributed by atoms with Crippen molar-refractivity contribution in [1.29, 1.82) is 0 Å². The predicted octanol–water partition coefficient (Wildman–Crippen LogP) is 3.52. The molecule has 1 atom stereocenters. The SMILES string of the molecule is CCCCCCCCN1CCCN2CCCC2C1. The zero-order valence-electron chi connectivity index (χ0n) is 12.4. The lowest BCUT2D eigenvalue weighted by atomic mass is 10.1. The van der Waals surface area contributed by atoms with E-state index in [0.29, 0.717) is 0 Å². The summed E-state index contributed by atoms with van der Waals surface area (Å²) in [6.45, 7) is 9.09. The molecule has 0 radical (unpaired) electrons. The Morgan fingerprint density at radius 2 is 1.67 bits per heavy atom. The molecule has 2 rings (SSSR count). The van der Waals surface area contributed by atoms with Gasteiger partial charge in [0.25, 0.3) is 0 Å². The fourth-order valence-corrected chi connectivity index (χ4v) is 3.60. The van der Waals surface area contributed by atoms with E-state index < -0.39 is 0 Å². The van der Waals surface area contributed by atoms with Gasteiger partial charge in [-0.25, -0.2) is 0 Å². The smallest absolute Gasteiger partial charge is 0.0223 e. The molecule has 0 aromatic heterocycles. The van der Waals surface area contributed by atoms with Crippen LogP contribution in [0.1, 0.15) is 64.7 Å². The van der Waals surface area contributed by atoms with E-state index in [4.69, 9.17) is 0 Å². The van der Waals surface area contributed by atoms with Crippen LogP contribution in [0, 0.1) is 0 Å². The molecule has 2 heterocycles. The van der Waals surface area contributed by atoms with Crippen molar-refractivity contribution in [1.82, 2.24) is 9.80 Å². The highest BCUT2D eigenvalue weighted by atomic mass is 15.3. The van der Waals surface area contributed by atoms with E-state index >= 15 is 0 Å². The molecule has 2 nitrogen and oxygen atoms in total. The Morgan fingerprint density at radius 3 is 2.56 bits per heavy atom. The minimum Gasteiger partial charge on any atom is -0.302 e. The molecule has 0 aromatic rings. The zero-order chi connectivity index (χ0) is 12.6. The van der Waals surface area contributed by atoms with E-state index in [-0.39, 0.29) is 0 Å². The number of hydrogen-bond acceptors (Lipinski definition) is 2. The molecule has 0 spiro atoms. The number of hydrogen-bond donors (Lipinski definition) is 0. The molecule has 0 aromatic carbocycles. The van der Waals surface area contributed by atoms with Crippen molar-refractivity contribution in [2.75, 3.05) is 32.7 Å². The van der Waals surface area contributed by atoms with Gasteiger partial charge < -0.3 is 4.90 Å². The molecule has 0 N–H and O–H groups in total. The van der Waals surface area contributed by atoms with Gasteiger partial charge in [-0.15, -0.1) is 0 Å². The molecule has 2 aliphatic rings. The first kappa shape index (κ1) is 14.3. The van der Waals surface area contributed by atoms with E-state index in [1.807, 2.05) is 0 Å². The van der Waals surface area contributed by atoms with E-state index in [9.17, 15) is 0 Å². The molecule has 1 unspecified atom stereocenters. The maximum Gasteiger partial charge on any atom is 0.0223 e. The topological polar surface area (TPSA) is 6.48 Å². The standard InChI is InChI=1S/C16H32N2/c1-2-3-4-5-6-7-11-17-12-9-14-18-13-8-10-16(18)15-17/h16H,2-15H2,1H3. The summed E-state index contributed by atoms with van der Waals surface area (Å²) in [6, 6.07) is 0.896. The maximum atomic E-state index is 2.75. The normalized spacial score (nSPS) is 26.2. The molecule has 0 saturated carbocycles. The number of rotatable bonds is 7. The largest absolute Gasteiger partial charge is 0.302 e. The summed E-state index contributed by atoms with van der Waals surface area (Å²) in [6.07, 6.45) is 12.9. The molecular formula is C16H32N2. The zero-order valence-corrected chi connectivity index (χ0v) is 12.4. The van der Waals surface area contributed by atoms with Crippen molar-refractivity contribution in [2.24, 2.45) is 0 Å². The quantitative estimate of drug-likeness (QED) is 0.640. The monoisotopic (exact) mass is 252 g/mol. The van der Waals surface area contributed by atoms with Crippen LogP contribution < -0.4 is 0 Å².